The molecule has 2 unspecified atom stereocenters. The fourth-order valence-corrected chi connectivity index (χ4v) is 2.37. The fraction of sp³-hybridized carbons (Fsp3) is 0.667. The number of rotatable bonds is 6. The van der Waals surface area contributed by atoms with Gasteiger partial charge in [0.1, 0.15) is 5.76 Å². The summed E-state index contributed by atoms with van der Waals surface area (Å²) < 4.78 is 12.4. The van der Waals surface area contributed by atoms with Crippen molar-refractivity contribution in [1.29, 1.82) is 0 Å². The van der Waals surface area contributed by atoms with Crippen molar-refractivity contribution < 1.29 is 9.15 Å². The van der Waals surface area contributed by atoms with E-state index in [9.17, 15) is 0 Å². The lowest BCUT2D eigenvalue weighted by Crippen LogP contribution is -2.42. The Kier molecular flexibility index (Phi) is 5.02. The molecule has 1 aromatic heterocycles. The van der Waals surface area contributed by atoms with Crippen LogP contribution in [0.2, 0.25) is 0 Å². The predicted molar refractivity (Wildman–Crippen MR) is 68.5 cm³/mol. The Morgan fingerprint density at radius 3 is 2.62 bits per heavy atom. The number of furan rings is 1. The van der Waals surface area contributed by atoms with E-state index in [1.54, 1.807) is 6.26 Å². The van der Waals surface area contributed by atoms with Gasteiger partial charge in [0, 0.05) is 6.61 Å². The quantitative estimate of drug-likeness (QED) is 0.870. The zero-order valence-electron chi connectivity index (χ0n) is 10.3. The summed E-state index contributed by atoms with van der Waals surface area (Å²) in [6.45, 7) is 6.93. The summed E-state index contributed by atoms with van der Waals surface area (Å²) >= 11 is 3.49. The third-order valence-electron chi connectivity index (χ3n) is 2.98. The number of likely N-dealkylation sites (N-methyl/N-ethyl adjacent to an activating group) is 1. The van der Waals surface area contributed by atoms with E-state index in [4.69, 9.17) is 9.15 Å². The number of hydrogen-bond donors (Lipinski definition) is 1. The molecule has 0 aliphatic carbocycles. The molecule has 0 aliphatic rings. The van der Waals surface area contributed by atoms with Crippen molar-refractivity contribution in [1.82, 2.24) is 5.32 Å². The Bertz CT molecular complexity index is 327. The third kappa shape index (κ3) is 2.67. The molecule has 2 atom stereocenters. The first-order chi connectivity index (χ1) is 7.59. The van der Waals surface area contributed by atoms with Crippen LogP contribution in [0.1, 0.15) is 39.0 Å². The highest BCUT2D eigenvalue weighted by Gasteiger charge is 2.36. The molecule has 1 aromatic rings. The molecule has 0 bridgehead atoms. The van der Waals surface area contributed by atoms with E-state index in [-0.39, 0.29) is 11.6 Å². The van der Waals surface area contributed by atoms with Crippen molar-refractivity contribution in [3.63, 3.8) is 0 Å². The van der Waals surface area contributed by atoms with Gasteiger partial charge in [-0.2, -0.15) is 0 Å². The lowest BCUT2D eigenvalue weighted by atomic mass is 9.91. The van der Waals surface area contributed by atoms with Crippen LogP contribution < -0.4 is 5.32 Å². The smallest absolute Gasteiger partial charge is 0.137 e. The van der Waals surface area contributed by atoms with Gasteiger partial charge in [0.05, 0.1) is 22.4 Å². The highest BCUT2D eigenvalue weighted by atomic mass is 79.9. The Morgan fingerprint density at radius 2 is 2.25 bits per heavy atom. The van der Waals surface area contributed by atoms with Crippen LogP contribution in [0.15, 0.2) is 21.2 Å². The van der Waals surface area contributed by atoms with Gasteiger partial charge in [0.2, 0.25) is 0 Å². The molecule has 4 heteroatoms. The van der Waals surface area contributed by atoms with Crippen molar-refractivity contribution in [2.75, 3.05) is 13.7 Å². The minimum atomic E-state index is -0.260. The molecule has 92 valence electrons. The van der Waals surface area contributed by atoms with Crippen LogP contribution in [-0.4, -0.2) is 19.3 Å². The second-order valence-corrected chi connectivity index (χ2v) is 4.81. The van der Waals surface area contributed by atoms with E-state index < -0.39 is 0 Å². The van der Waals surface area contributed by atoms with Crippen molar-refractivity contribution in [3.8, 4) is 0 Å². The van der Waals surface area contributed by atoms with Crippen LogP contribution in [0.4, 0.5) is 0 Å². The van der Waals surface area contributed by atoms with Crippen LogP contribution in [0.5, 0.6) is 0 Å². The van der Waals surface area contributed by atoms with Gasteiger partial charge in [-0.25, -0.2) is 0 Å². The van der Waals surface area contributed by atoms with Crippen LogP contribution >= 0.6 is 15.9 Å². The maximum atomic E-state index is 5.87. The summed E-state index contributed by atoms with van der Waals surface area (Å²) in [5, 5.41) is 3.27. The number of halogens is 1. The number of ether oxygens (including phenoxy) is 1. The summed E-state index contributed by atoms with van der Waals surface area (Å²) in [5.41, 5.74) is -0.260. The van der Waals surface area contributed by atoms with Gasteiger partial charge in [-0.15, -0.1) is 0 Å². The average Bonchev–Trinajstić information content (AvgIpc) is 2.66. The molecule has 1 rings (SSSR count). The van der Waals surface area contributed by atoms with Gasteiger partial charge in [-0.3, -0.25) is 0 Å². The summed E-state index contributed by atoms with van der Waals surface area (Å²) in [5.74, 6) is 0.889. The van der Waals surface area contributed by atoms with E-state index in [0.717, 1.165) is 16.7 Å². The van der Waals surface area contributed by atoms with E-state index in [1.807, 2.05) is 20.0 Å². The topological polar surface area (TPSA) is 34.4 Å². The number of hydrogen-bond acceptors (Lipinski definition) is 3. The van der Waals surface area contributed by atoms with E-state index >= 15 is 0 Å². The van der Waals surface area contributed by atoms with Gasteiger partial charge in [0.25, 0.3) is 0 Å². The second-order valence-electron chi connectivity index (χ2n) is 3.95. The van der Waals surface area contributed by atoms with Crippen molar-refractivity contribution >= 4 is 15.9 Å². The molecule has 0 aliphatic heterocycles. The summed E-state index contributed by atoms with van der Waals surface area (Å²) in [4.78, 5) is 0. The molecule has 16 heavy (non-hydrogen) atoms. The first-order valence-corrected chi connectivity index (χ1v) is 6.42. The highest BCUT2D eigenvalue weighted by molar-refractivity contribution is 9.10. The number of nitrogens with one attached hydrogen (secondary N) is 1. The fourth-order valence-electron chi connectivity index (χ4n) is 1.94. The van der Waals surface area contributed by atoms with Crippen molar-refractivity contribution in [2.24, 2.45) is 0 Å². The Hall–Kier alpha value is -0.320. The van der Waals surface area contributed by atoms with Gasteiger partial charge < -0.3 is 14.5 Å². The molecule has 0 saturated carbocycles. The lowest BCUT2D eigenvalue weighted by Gasteiger charge is -2.35. The Balaban J connectivity index is 3.00. The summed E-state index contributed by atoms with van der Waals surface area (Å²) in [6.07, 6.45) is 2.60. The van der Waals surface area contributed by atoms with E-state index in [2.05, 4.69) is 35.1 Å². The third-order valence-corrected chi connectivity index (χ3v) is 3.64. The van der Waals surface area contributed by atoms with Crippen LogP contribution in [0, 0.1) is 0 Å². The normalized spacial score (nSPS) is 17.1. The summed E-state index contributed by atoms with van der Waals surface area (Å²) in [6, 6.07) is 1.95. The average molecular weight is 290 g/mol. The second kappa shape index (κ2) is 5.84. The largest absolute Gasteiger partial charge is 0.466 e. The molecule has 0 aromatic carbocycles. The highest BCUT2D eigenvalue weighted by Crippen LogP contribution is 2.36. The molecule has 0 spiro atoms. The van der Waals surface area contributed by atoms with Crippen LogP contribution in [0.3, 0.4) is 0 Å². The monoisotopic (exact) mass is 289 g/mol. The molecular weight excluding hydrogens is 270 g/mol. The van der Waals surface area contributed by atoms with E-state index in [1.165, 1.54) is 0 Å². The molecule has 0 fully saturated rings. The molecule has 1 N–H and O–H groups in total. The van der Waals surface area contributed by atoms with E-state index in [0.29, 0.717) is 6.61 Å². The molecule has 3 nitrogen and oxygen atoms in total. The molecule has 0 radical (unpaired) electrons. The first-order valence-electron chi connectivity index (χ1n) is 5.63. The SMILES string of the molecule is CCOC(C)(CC)C(NC)c1occc1Br. The Labute approximate surface area is 106 Å². The molecule has 1 heterocycles. The maximum absolute atomic E-state index is 5.87. The predicted octanol–water partition coefficient (Wildman–Crippen LogP) is 3.51. The molecule has 0 amide bonds. The van der Waals surface area contributed by atoms with Gasteiger partial charge >= 0.3 is 0 Å². The lowest BCUT2D eigenvalue weighted by molar-refractivity contribution is -0.0593. The van der Waals surface area contributed by atoms with Crippen molar-refractivity contribution in [3.05, 3.63) is 22.6 Å². The van der Waals surface area contributed by atoms with Gasteiger partial charge in [-0.1, -0.05) is 6.92 Å². The standard InChI is InChI=1S/C12H20BrNO2/c1-5-12(3,16-6-2)11(14-4)10-9(13)7-8-15-10/h7-8,11,14H,5-6H2,1-4H3. The zero-order valence-corrected chi connectivity index (χ0v) is 11.9. The van der Waals surface area contributed by atoms with Crippen LogP contribution in [0.25, 0.3) is 0 Å². The zero-order chi connectivity index (χ0) is 12.2. The minimum Gasteiger partial charge on any atom is -0.466 e. The molecular formula is C12H20BrNO2. The molecule has 0 saturated heterocycles. The Morgan fingerprint density at radius 1 is 1.56 bits per heavy atom. The minimum absolute atomic E-state index is 0.0434. The van der Waals surface area contributed by atoms with Crippen molar-refractivity contribution in [2.45, 2.75) is 38.8 Å². The van der Waals surface area contributed by atoms with Gasteiger partial charge in [0.15, 0.2) is 0 Å². The maximum Gasteiger partial charge on any atom is 0.137 e. The first kappa shape index (κ1) is 13.7. The van der Waals surface area contributed by atoms with Crippen LogP contribution in [-0.2, 0) is 4.74 Å². The summed E-state index contributed by atoms with van der Waals surface area (Å²) in [7, 11) is 1.92. The van der Waals surface area contributed by atoms with Gasteiger partial charge in [-0.05, 0) is 49.3 Å².